The Morgan fingerprint density at radius 2 is 1.78 bits per heavy atom. The summed E-state index contributed by atoms with van der Waals surface area (Å²) in [7, 11) is 0. The third kappa shape index (κ3) is 3.83. The van der Waals surface area contributed by atoms with Gasteiger partial charge in [-0.15, -0.1) is 0 Å². The quantitative estimate of drug-likeness (QED) is 0.783. The summed E-state index contributed by atoms with van der Waals surface area (Å²) >= 11 is 0. The Kier molecular flexibility index (Phi) is 4.67. The Labute approximate surface area is 142 Å². The number of piperidine rings is 1. The van der Waals surface area contributed by atoms with Crippen molar-refractivity contribution in [1.29, 1.82) is 0 Å². The predicted octanol–water partition coefficient (Wildman–Crippen LogP) is 3.91. The first kappa shape index (κ1) is 17.4. The average molecular weight is 322 g/mol. The van der Waals surface area contributed by atoms with E-state index in [0.717, 1.165) is 45.3 Å². The van der Waals surface area contributed by atoms with Crippen LogP contribution in [0.1, 0.15) is 72.6 Å². The highest BCUT2D eigenvalue weighted by atomic mass is 16.5. The minimum Gasteiger partial charge on any atom is -0.390 e. The van der Waals surface area contributed by atoms with Gasteiger partial charge in [0.05, 0.1) is 17.8 Å². The molecule has 2 saturated heterocycles. The van der Waals surface area contributed by atoms with Gasteiger partial charge in [0.25, 0.3) is 0 Å². The summed E-state index contributed by atoms with van der Waals surface area (Å²) in [6.07, 6.45) is 7.66. The molecule has 1 unspecified atom stereocenters. The fourth-order valence-corrected chi connectivity index (χ4v) is 5.01. The van der Waals surface area contributed by atoms with Gasteiger partial charge in [-0.3, -0.25) is 4.90 Å². The van der Waals surface area contributed by atoms with Gasteiger partial charge in [-0.25, -0.2) is 0 Å². The molecular formula is C20H35NO2. The minimum atomic E-state index is -0.537. The molecule has 1 spiro atoms. The van der Waals surface area contributed by atoms with E-state index in [1.165, 1.54) is 19.3 Å². The van der Waals surface area contributed by atoms with Gasteiger partial charge in [0.2, 0.25) is 0 Å². The fourth-order valence-electron chi connectivity index (χ4n) is 5.01. The summed E-state index contributed by atoms with van der Waals surface area (Å²) in [5.74, 6) is 0. The Morgan fingerprint density at radius 1 is 1.09 bits per heavy atom. The first-order chi connectivity index (χ1) is 10.7. The van der Waals surface area contributed by atoms with Crippen molar-refractivity contribution in [2.45, 2.75) is 83.8 Å². The van der Waals surface area contributed by atoms with Gasteiger partial charge in [-0.2, -0.15) is 0 Å². The maximum Gasteiger partial charge on any atom is 0.0734 e. The van der Waals surface area contributed by atoms with E-state index < -0.39 is 5.60 Å². The largest absolute Gasteiger partial charge is 0.390 e. The molecule has 3 aliphatic rings. The number of aliphatic hydroxyl groups is 1. The van der Waals surface area contributed by atoms with Crippen molar-refractivity contribution < 1.29 is 9.84 Å². The molecule has 2 heterocycles. The number of nitrogens with zero attached hydrogens (tertiary/aromatic N) is 1. The maximum absolute atomic E-state index is 10.4. The van der Waals surface area contributed by atoms with Crippen LogP contribution in [0.3, 0.4) is 0 Å². The van der Waals surface area contributed by atoms with Gasteiger partial charge in [0, 0.05) is 26.1 Å². The Hall–Kier alpha value is -0.380. The molecule has 0 aromatic carbocycles. The van der Waals surface area contributed by atoms with Crippen molar-refractivity contribution in [1.82, 2.24) is 4.90 Å². The van der Waals surface area contributed by atoms with Crippen molar-refractivity contribution in [3.05, 3.63) is 11.1 Å². The zero-order valence-electron chi connectivity index (χ0n) is 15.6. The van der Waals surface area contributed by atoms with Crippen LogP contribution >= 0.6 is 0 Å². The van der Waals surface area contributed by atoms with Gasteiger partial charge >= 0.3 is 0 Å². The van der Waals surface area contributed by atoms with Crippen LogP contribution < -0.4 is 0 Å². The van der Waals surface area contributed by atoms with Crippen LogP contribution in [0.25, 0.3) is 0 Å². The second-order valence-corrected chi connectivity index (χ2v) is 9.23. The average Bonchev–Trinajstić information content (AvgIpc) is 2.44. The number of rotatable bonds is 2. The maximum atomic E-state index is 10.4. The van der Waals surface area contributed by atoms with Crippen LogP contribution in [0.5, 0.6) is 0 Å². The highest BCUT2D eigenvalue weighted by Gasteiger charge is 2.44. The normalized spacial score (nSPS) is 34.8. The van der Waals surface area contributed by atoms with Crippen LogP contribution in [0.4, 0.5) is 0 Å². The topological polar surface area (TPSA) is 32.7 Å². The monoisotopic (exact) mass is 321 g/mol. The molecule has 0 aromatic rings. The SMILES string of the molecule is CC1=C(CN2CCC3(CC2)CC(C)(O)CCO3)C(C)(C)CCC1. The molecule has 0 bridgehead atoms. The third-order valence-electron chi connectivity index (χ3n) is 6.59. The second-order valence-electron chi connectivity index (χ2n) is 9.23. The number of ether oxygens (including phenoxy) is 1. The number of hydrogen-bond acceptors (Lipinski definition) is 3. The third-order valence-corrected chi connectivity index (χ3v) is 6.59. The zero-order chi connectivity index (χ0) is 16.7. The highest BCUT2D eigenvalue weighted by Crippen LogP contribution is 2.42. The molecule has 2 fully saturated rings. The van der Waals surface area contributed by atoms with Gasteiger partial charge in [0.1, 0.15) is 0 Å². The van der Waals surface area contributed by atoms with Crippen molar-refractivity contribution in [3.63, 3.8) is 0 Å². The molecule has 3 rings (SSSR count). The van der Waals surface area contributed by atoms with Gasteiger partial charge in [-0.1, -0.05) is 25.0 Å². The molecule has 23 heavy (non-hydrogen) atoms. The smallest absolute Gasteiger partial charge is 0.0734 e. The van der Waals surface area contributed by atoms with Gasteiger partial charge in [0.15, 0.2) is 0 Å². The molecule has 2 aliphatic heterocycles. The summed E-state index contributed by atoms with van der Waals surface area (Å²) < 4.78 is 6.14. The highest BCUT2D eigenvalue weighted by molar-refractivity contribution is 5.24. The van der Waals surface area contributed by atoms with Crippen molar-refractivity contribution in [2.75, 3.05) is 26.2 Å². The lowest BCUT2D eigenvalue weighted by Gasteiger charge is -2.49. The molecule has 0 radical (unpaired) electrons. The van der Waals surface area contributed by atoms with E-state index in [4.69, 9.17) is 4.74 Å². The standard InChI is InChI=1S/C20H35NO2/c1-16-6-5-7-18(2,3)17(16)14-21-11-8-20(9-12-21)15-19(4,22)10-13-23-20/h22H,5-15H2,1-4H3. The first-order valence-electron chi connectivity index (χ1n) is 9.49. The molecule has 132 valence electrons. The van der Waals surface area contributed by atoms with Crippen molar-refractivity contribution in [2.24, 2.45) is 5.41 Å². The van der Waals surface area contributed by atoms with Crippen LogP contribution in [0.15, 0.2) is 11.1 Å². The van der Waals surface area contributed by atoms with Crippen LogP contribution in [-0.4, -0.2) is 47.4 Å². The zero-order valence-corrected chi connectivity index (χ0v) is 15.6. The van der Waals surface area contributed by atoms with Crippen molar-refractivity contribution >= 4 is 0 Å². The number of allylic oxidation sites excluding steroid dienone is 1. The lowest BCUT2D eigenvalue weighted by Crippen LogP contribution is -2.54. The number of hydrogen-bond donors (Lipinski definition) is 1. The summed E-state index contributed by atoms with van der Waals surface area (Å²) in [5, 5.41) is 10.4. The molecule has 3 nitrogen and oxygen atoms in total. The molecular weight excluding hydrogens is 286 g/mol. The molecule has 1 N–H and O–H groups in total. The molecule has 1 aliphatic carbocycles. The summed E-state index contributed by atoms with van der Waals surface area (Å²) in [5.41, 5.74) is 3.06. The summed E-state index contributed by atoms with van der Waals surface area (Å²) in [6.45, 7) is 13.2. The molecule has 0 amide bonds. The fraction of sp³-hybridized carbons (Fsp3) is 0.900. The van der Waals surface area contributed by atoms with Crippen LogP contribution in [0, 0.1) is 5.41 Å². The molecule has 0 aromatic heterocycles. The van der Waals surface area contributed by atoms with E-state index in [9.17, 15) is 5.11 Å². The Bertz CT molecular complexity index is 470. The van der Waals surface area contributed by atoms with Gasteiger partial charge in [-0.05, 0) is 57.8 Å². The lowest BCUT2D eigenvalue weighted by molar-refractivity contribution is -0.172. The lowest BCUT2D eigenvalue weighted by atomic mass is 9.72. The number of likely N-dealkylation sites (tertiary alicyclic amines) is 1. The Balaban J connectivity index is 1.61. The summed E-state index contributed by atoms with van der Waals surface area (Å²) in [4.78, 5) is 2.61. The van der Waals surface area contributed by atoms with E-state index in [1.807, 2.05) is 6.92 Å². The molecule has 1 atom stereocenters. The molecule has 3 heteroatoms. The first-order valence-corrected chi connectivity index (χ1v) is 9.49. The van der Waals surface area contributed by atoms with Crippen molar-refractivity contribution in [3.8, 4) is 0 Å². The van der Waals surface area contributed by atoms with Crippen LogP contribution in [-0.2, 0) is 4.74 Å². The van der Waals surface area contributed by atoms with E-state index in [2.05, 4.69) is 25.7 Å². The van der Waals surface area contributed by atoms with E-state index in [1.54, 1.807) is 11.1 Å². The second kappa shape index (κ2) is 6.16. The van der Waals surface area contributed by atoms with Crippen LogP contribution in [0.2, 0.25) is 0 Å². The predicted molar refractivity (Wildman–Crippen MR) is 94.5 cm³/mol. The Morgan fingerprint density at radius 3 is 2.39 bits per heavy atom. The molecule has 0 saturated carbocycles. The van der Waals surface area contributed by atoms with E-state index in [0.29, 0.717) is 12.0 Å². The van der Waals surface area contributed by atoms with Gasteiger partial charge < -0.3 is 9.84 Å². The minimum absolute atomic E-state index is 0.0657. The summed E-state index contributed by atoms with van der Waals surface area (Å²) in [6, 6.07) is 0. The van der Waals surface area contributed by atoms with E-state index in [-0.39, 0.29) is 5.60 Å². The van der Waals surface area contributed by atoms with E-state index >= 15 is 0 Å².